The van der Waals surface area contributed by atoms with Gasteiger partial charge in [-0.1, -0.05) is 65.3 Å². The zero-order chi connectivity index (χ0) is 24.2. The molecule has 7 heteroatoms. The van der Waals surface area contributed by atoms with Crippen LogP contribution < -0.4 is 10.2 Å². The van der Waals surface area contributed by atoms with Gasteiger partial charge in [-0.15, -0.1) is 0 Å². The van der Waals surface area contributed by atoms with Gasteiger partial charge in [-0.25, -0.2) is 0 Å². The summed E-state index contributed by atoms with van der Waals surface area (Å²) in [5.41, 5.74) is 4.22. The molecule has 0 bridgehead atoms. The Morgan fingerprint density at radius 2 is 1.74 bits per heavy atom. The first-order valence-electron chi connectivity index (χ1n) is 10.7. The maximum absolute atomic E-state index is 13.6. The van der Waals surface area contributed by atoms with E-state index in [4.69, 9.17) is 11.6 Å². The van der Waals surface area contributed by atoms with Crippen LogP contribution in [0.4, 0.5) is 11.4 Å². The molecule has 1 aliphatic heterocycles. The van der Waals surface area contributed by atoms with Gasteiger partial charge in [0.1, 0.15) is 16.7 Å². The number of nitriles is 1. The molecule has 1 saturated heterocycles. The van der Waals surface area contributed by atoms with Gasteiger partial charge in [-0.05, 0) is 67.8 Å². The summed E-state index contributed by atoms with van der Waals surface area (Å²) in [5, 5.41) is 13.1. The smallest absolute Gasteiger partial charge is 0.269 e. The number of thioether (sulfide) groups is 1. The molecule has 1 N–H and O–H groups in total. The lowest BCUT2D eigenvalue weighted by Crippen LogP contribution is -2.31. The Morgan fingerprint density at radius 1 is 1.06 bits per heavy atom. The number of halogens is 1. The molecule has 1 atom stereocenters. The second-order valence-corrected chi connectivity index (χ2v) is 9.63. The van der Waals surface area contributed by atoms with Gasteiger partial charge in [-0.2, -0.15) is 5.26 Å². The Labute approximate surface area is 208 Å². The monoisotopic (exact) mass is 487 g/mol. The number of hydrogen-bond donors (Lipinski definition) is 1. The van der Waals surface area contributed by atoms with Crippen molar-refractivity contribution in [1.29, 1.82) is 5.26 Å². The van der Waals surface area contributed by atoms with E-state index in [0.717, 1.165) is 16.7 Å². The van der Waals surface area contributed by atoms with Gasteiger partial charge >= 0.3 is 0 Å². The normalized spacial score (nSPS) is 16.8. The Balaban J connectivity index is 1.73. The highest BCUT2D eigenvalue weighted by atomic mass is 35.5. The van der Waals surface area contributed by atoms with Crippen LogP contribution in [0.2, 0.25) is 5.02 Å². The molecule has 3 aromatic rings. The highest BCUT2D eigenvalue weighted by Gasteiger charge is 2.41. The van der Waals surface area contributed by atoms with E-state index in [9.17, 15) is 14.9 Å². The molecule has 1 fully saturated rings. The molecule has 0 radical (unpaired) electrons. The van der Waals surface area contributed by atoms with Crippen molar-refractivity contribution in [2.45, 2.75) is 25.5 Å². The molecule has 0 aliphatic carbocycles. The van der Waals surface area contributed by atoms with Crippen molar-refractivity contribution < 1.29 is 9.59 Å². The first kappa shape index (κ1) is 23.6. The van der Waals surface area contributed by atoms with Gasteiger partial charge < -0.3 is 5.32 Å². The minimum absolute atomic E-state index is 0.110. The molecule has 0 aromatic heterocycles. The third-order valence-corrected chi connectivity index (χ3v) is 7.08. The van der Waals surface area contributed by atoms with Gasteiger partial charge in [-0.3, -0.25) is 14.5 Å². The first-order valence-corrected chi connectivity index (χ1v) is 12.0. The fraction of sp³-hybridized carbons (Fsp3) is 0.148. The molecular formula is C27H22ClN3O2S. The number of anilines is 2. The van der Waals surface area contributed by atoms with Crippen LogP contribution in [0, 0.1) is 25.2 Å². The Bertz CT molecular complexity index is 1310. The number of nitrogens with one attached hydrogen (secondary N) is 1. The number of carbonyl (C=O) groups excluding carboxylic acids is 2. The Kier molecular flexibility index (Phi) is 7.06. The number of hydrogen-bond acceptors (Lipinski definition) is 4. The van der Waals surface area contributed by atoms with E-state index in [1.165, 1.54) is 16.7 Å². The number of amides is 2. The molecule has 0 unspecified atom stereocenters. The minimum Gasteiger partial charge on any atom is -0.321 e. The zero-order valence-electron chi connectivity index (χ0n) is 18.7. The van der Waals surface area contributed by atoms with Crippen LogP contribution in [-0.2, 0) is 16.0 Å². The number of aryl methyl sites for hydroxylation is 2. The number of carbonyl (C=O) groups is 2. The lowest BCUT2D eigenvalue weighted by Gasteiger charge is -2.19. The van der Waals surface area contributed by atoms with E-state index >= 15 is 0 Å². The highest BCUT2D eigenvalue weighted by molar-refractivity contribution is 8.05. The zero-order valence-corrected chi connectivity index (χ0v) is 20.3. The van der Waals surface area contributed by atoms with E-state index < -0.39 is 11.2 Å². The van der Waals surface area contributed by atoms with Crippen molar-refractivity contribution in [3.8, 4) is 6.07 Å². The molecule has 2 amide bonds. The molecule has 170 valence electrons. The summed E-state index contributed by atoms with van der Waals surface area (Å²) in [7, 11) is 0. The molecule has 0 spiro atoms. The van der Waals surface area contributed by atoms with Gasteiger partial charge in [0.05, 0.1) is 5.25 Å². The minimum atomic E-state index is -0.575. The summed E-state index contributed by atoms with van der Waals surface area (Å²) in [6, 6.07) is 24.0. The summed E-state index contributed by atoms with van der Waals surface area (Å²) in [6.45, 7) is 3.97. The third kappa shape index (κ3) is 5.01. The summed E-state index contributed by atoms with van der Waals surface area (Å²) < 4.78 is 0. The van der Waals surface area contributed by atoms with E-state index in [2.05, 4.69) is 5.32 Å². The molecule has 3 aromatic carbocycles. The highest BCUT2D eigenvalue weighted by Crippen LogP contribution is 2.42. The number of rotatable bonds is 5. The summed E-state index contributed by atoms with van der Waals surface area (Å²) in [4.78, 5) is 28.2. The average molecular weight is 488 g/mol. The fourth-order valence-electron chi connectivity index (χ4n) is 3.68. The first-order chi connectivity index (χ1) is 16.4. The van der Waals surface area contributed by atoms with Gasteiger partial charge in [0, 0.05) is 16.4 Å². The fourth-order valence-corrected chi connectivity index (χ4v) is 5.10. The van der Waals surface area contributed by atoms with Crippen molar-refractivity contribution >= 4 is 46.6 Å². The van der Waals surface area contributed by atoms with Crippen molar-refractivity contribution in [3.63, 3.8) is 0 Å². The average Bonchev–Trinajstić information content (AvgIpc) is 3.13. The Hall–Kier alpha value is -3.53. The molecular weight excluding hydrogens is 466 g/mol. The molecule has 5 nitrogen and oxygen atoms in total. The van der Waals surface area contributed by atoms with Crippen molar-refractivity contribution in [3.05, 3.63) is 105 Å². The topological polar surface area (TPSA) is 73.2 Å². The maximum Gasteiger partial charge on any atom is 0.269 e. The van der Waals surface area contributed by atoms with Crippen LogP contribution in [0.25, 0.3) is 0 Å². The lowest BCUT2D eigenvalue weighted by atomic mass is 10.0. The Morgan fingerprint density at radius 3 is 2.38 bits per heavy atom. The van der Waals surface area contributed by atoms with Crippen LogP contribution in [0.3, 0.4) is 0 Å². The van der Waals surface area contributed by atoms with Gasteiger partial charge in [0.25, 0.3) is 5.91 Å². The summed E-state index contributed by atoms with van der Waals surface area (Å²) in [6.07, 6.45) is 0.500. The molecule has 34 heavy (non-hydrogen) atoms. The van der Waals surface area contributed by atoms with Crippen molar-refractivity contribution in [2.75, 3.05) is 10.2 Å². The van der Waals surface area contributed by atoms with Gasteiger partial charge in [0.15, 0.2) is 0 Å². The number of nitrogens with zero attached hydrogens (tertiary/aromatic N) is 2. The van der Waals surface area contributed by atoms with Crippen LogP contribution in [0.1, 0.15) is 16.7 Å². The quantitative estimate of drug-likeness (QED) is 0.352. The van der Waals surface area contributed by atoms with Crippen molar-refractivity contribution in [1.82, 2.24) is 0 Å². The summed E-state index contributed by atoms with van der Waals surface area (Å²) >= 11 is 7.18. The van der Waals surface area contributed by atoms with E-state index in [0.29, 0.717) is 27.8 Å². The predicted octanol–water partition coefficient (Wildman–Crippen LogP) is 6.02. The maximum atomic E-state index is 13.6. The second-order valence-electron chi connectivity index (χ2n) is 8.00. The second kappa shape index (κ2) is 10.2. The van der Waals surface area contributed by atoms with Crippen LogP contribution in [0.15, 0.2) is 83.4 Å². The van der Waals surface area contributed by atoms with E-state index in [1.807, 2.05) is 68.4 Å². The SMILES string of the molecule is Cc1ccc(N2C(=O)[C@@H](Cc3ccccc3C)S/C2=C(/C#N)C(=O)Nc2ccc(Cl)cc2)cc1. The van der Waals surface area contributed by atoms with Gasteiger partial charge in [0.2, 0.25) is 5.91 Å². The number of benzene rings is 3. The van der Waals surface area contributed by atoms with Crippen molar-refractivity contribution in [2.24, 2.45) is 0 Å². The summed E-state index contributed by atoms with van der Waals surface area (Å²) in [5.74, 6) is -0.729. The molecule has 1 heterocycles. The predicted molar refractivity (Wildman–Crippen MR) is 138 cm³/mol. The third-order valence-electron chi connectivity index (χ3n) is 5.57. The molecule has 1 aliphatic rings. The van der Waals surface area contributed by atoms with Crippen LogP contribution in [-0.4, -0.2) is 17.1 Å². The standard InChI is InChI=1S/C27H22ClN3O2S/c1-17-7-13-22(14-8-17)31-26(33)24(15-19-6-4-3-5-18(19)2)34-27(31)23(16-29)25(32)30-21-11-9-20(28)10-12-21/h3-14,24H,15H2,1-2H3,(H,30,32)/b27-23-/t24-/m1/s1. The van der Waals surface area contributed by atoms with E-state index in [-0.39, 0.29) is 11.5 Å². The van der Waals surface area contributed by atoms with E-state index in [1.54, 1.807) is 24.3 Å². The molecule has 4 rings (SSSR count). The van der Waals surface area contributed by atoms with Crippen LogP contribution >= 0.6 is 23.4 Å². The van der Waals surface area contributed by atoms with Crippen LogP contribution in [0.5, 0.6) is 0 Å². The largest absolute Gasteiger partial charge is 0.321 e. The molecule has 0 saturated carbocycles. The lowest BCUT2D eigenvalue weighted by molar-refractivity contribution is -0.117.